The van der Waals surface area contributed by atoms with Crippen molar-refractivity contribution >= 4 is 16.0 Å². The first-order chi connectivity index (χ1) is 5.67. The molecule has 0 saturated carbocycles. The molecule has 0 unspecified atom stereocenters. The van der Waals surface area contributed by atoms with Gasteiger partial charge in [0.1, 0.15) is 12.0 Å². The molecule has 5 nitrogen and oxygen atoms in total. The van der Waals surface area contributed by atoms with E-state index in [0.717, 1.165) is 6.26 Å². The van der Waals surface area contributed by atoms with Crippen LogP contribution in [0.25, 0.3) is 5.70 Å². The second-order valence-corrected chi connectivity index (χ2v) is 3.47. The predicted octanol–water partition coefficient (Wildman–Crippen LogP) is 0.443. The summed E-state index contributed by atoms with van der Waals surface area (Å²) in [4.78, 5) is 0. The molecule has 64 valence electrons. The van der Waals surface area contributed by atoms with Crippen LogP contribution in [0.3, 0.4) is 0 Å². The molecule has 0 fully saturated rings. The zero-order valence-electron chi connectivity index (χ0n) is 5.85. The van der Waals surface area contributed by atoms with Crippen molar-refractivity contribution in [2.75, 3.05) is 0 Å². The molecule has 1 aliphatic rings. The van der Waals surface area contributed by atoms with Crippen LogP contribution < -0.4 is 4.72 Å². The van der Waals surface area contributed by atoms with Crippen LogP contribution in [-0.2, 0) is 14.5 Å². The van der Waals surface area contributed by atoms with Crippen molar-refractivity contribution in [1.82, 2.24) is 4.72 Å². The fraction of sp³-hybridized carbons (Fsp3) is 0. The first-order valence-corrected chi connectivity index (χ1v) is 4.53. The van der Waals surface area contributed by atoms with E-state index >= 15 is 0 Å². The molecule has 0 saturated heterocycles. The standard InChI is InChI=1S/C6H5NO4S/c8-12(9)7-5(4-11-12)6-2-1-3-10-6/h1-4,7H. The molecule has 6 heteroatoms. The van der Waals surface area contributed by atoms with Gasteiger partial charge in [-0.25, -0.2) is 4.72 Å². The number of hydrogen-bond acceptors (Lipinski definition) is 4. The molecule has 0 aliphatic carbocycles. The van der Waals surface area contributed by atoms with Crippen LogP contribution in [0.15, 0.2) is 29.1 Å². The minimum absolute atomic E-state index is 0.306. The van der Waals surface area contributed by atoms with E-state index in [-0.39, 0.29) is 0 Å². The van der Waals surface area contributed by atoms with Crippen LogP contribution in [0.1, 0.15) is 5.76 Å². The molecule has 2 heterocycles. The summed E-state index contributed by atoms with van der Waals surface area (Å²) in [5, 5.41) is 0. The van der Waals surface area contributed by atoms with Crippen LogP contribution in [-0.4, -0.2) is 8.42 Å². The summed E-state index contributed by atoms with van der Waals surface area (Å²) in [5.74, 6) is 0.427. The molecule has 0 spiro atoms. The summed E-state index contributed by atoms with van der Waals surface area (Å²) in [7, 11) is -3.62. The summed E-state index contributed by atoms with van der Waals surface area (Å²) in [6.07, 6.45) is 2.54. The lowest BCUT2D eigenvalue weighted by Gasteiger charge is -1.94. The minimum Gasteiger partial charge on any atom is -0.463 e. The second kappa shape index (κ2) is 2.28. The van der Waals surface area contributed by atoms with Gasteiger partial charge < -0.3 is 8.60 Å². The number of furan rings is 1. The van der Waals surface area contributed by atoms with Gasteiger partial charge in [-0.2, -0.15) is 8.42 Å². The molecule has 2 rings (SSSR count). The van der Waals surface area contributed by atoms with Gasteiger partial charge in [0.25, 0.3) is 0 Å². The van der Waals surface area contributed by atoms with E-state index < -0.39 is 10.3 Å². The third-order valence-electron chi connectivity index (χ3n) is 1.31. The normalized spacial score (nSPS) is 19.5. The van der Waals surface area contributed by atoms with E-state index in [4.69, 9.17) is 4.42 Å². The molecule has 1 aromatic heterocycles. The first kappa shape index (κ1) is 7.23. The first-order valence-electron chi connectivity index (χ1n) is 3.12. The summed E-state index contributed by atoms with van der Waals surface area (Å²) >= 11 is 0. The summed E-state index contributed by atoms with van der Waals surface area (Å²) in [6, 6.07) is 3.28. The average Bonchev–Trinajstić information content (AvgIpc) is 2.55. The van der Waals surface area contributed by atoms with Crippen LogP contribution in [0.4, 0.5) is 0 Å². The van der Waals surface area contributed by atoms with E-state index in [9.17, 15) is 8.42 Å². The average molecular weight is 187 g/mol. The van der Waals surface area contributed by atoms with Crippen molar-refractivity contribution < 1.29 is 17.0 Å². The monoisotopic (exact) mass is 187 g/mol. The van der Waals surface area contributed by atoms with Gasteiger partial charge in [-0.3, -0.25) is 0 Å². The van der Waals surface area contributed by atoms with Gasteiger partial charge in [-0.15, -0.1) is 0 Å². The van der Waals surface area contributed by atoms with E-state index in [1.807, 2.05) is 0 Å². The highest BCUT2D eigenvalue weighted by Gasteiger charge is 2.22. The largest absolute Gasteiger partial charge is 0.463 e. The second-order valence-electron chi connectivity index (χ2n) is 2.16. The fourth-order valence-corrected chi connectivity index (χ4v) is 1.52. The molecule has 1 aromatic rings. The van der Waals surface area contributed by atoms with Crippen LogP contribution >= 0.6 is 0 Å². The number of hydrogen-bond donors (Lipinski definition) is 1. The summed E-state index contributed by atoms with van der Waals surface area (Å²) in [6.45, 7) is 0. The molecule has 12 heavy (non-hydrogen) atoms. The lowest BCUT2D eigenvalue weighted by molar-refractivity contribution is 0.453. The highest BCUT2D eigenvalue weighted by Crippen LogP contribution is 2.18. The third-order valence-corrected chi connectivity index (χ3v) is 2.13. The molecular formula is C6H5NO4S. The Kier molecular flexibility index (Phi) is 1.37. The molecule has 1 N–H and O–H groups in total. The van der Waals surface area contributed by atoms with Gasteiger partial charge in [0.15, 0.2) is 5.76 Å². The van der Waals surface area contributed by atoms with Crippen molar-refractivity contribution in [3.63, 3.8) is 0 Å². The predicted molar refractivity (Wildman–Crippen MR) is 39.8 cm³/mol. The fourth-order valence-electron chi connectivity index (χ4n) is 0.834. The van der Waals surface area contributed by atoms with E-state index in [1.165, 1.54) is 6.26 Å². The lowest BCUT2D eigenvalue weighted by Crippen LogP contribution is -2.15. The lowest BCUT2D eigenvalue weighted by atomic mass is 10.4. The van der Waals surface area contributed by atoms with Crippen molar-refractivity contribution in [2.24, 2.45) is 0 Å². The maximum atomic E-state index is 10.7. The highest BCUT2D eigenvalue weighted by atomic mass is 32.2. The van der Waals surface area contributed by atoms with Gasteiger partial charge in [0.05, 0.1) is 6.26 Å². The Labute approximate surface area is 68.9 Å². The smallest absolute Gasteiger partial charge is 0.407 e. The Hall–Kier alpha value is -1.43. The number of nitrogens with one attached hydrogen (secondary N) is 1. The number of rotatable bonds is 1. The van der Waals surface area contributed by atoms with E-state index in [0.29, 0.717) is 11.5 Å². The zero-order valence-corrected chi connectivity index (χ0v) is 6.67. The third kappa shape index (κ3) is 1.16. The van der Waals surface area contributed by atoms with Crippen molar-refractivity contribution in [3.8, 4) is 0 Å². The van der Waals surface area contributed by atoms with Crippen molar-refractivity contribution in [1.29, 1.82) is 0 Å². The molecule has 0 bridgehead atoms. The van der Waals surface area contributed by atoms with Gasteiger partial charge in [-0.1, -0.05) is 0 Å². The van der Waals surface area contributed by atoms with Gasteiger partial charge in [0.2, 0.25) is 0 Å². The topological polar surface area (TPSA) is 68.5 Å². The van der Waals surface area contributed by atoms with E-state index in [2.05, 4.69) is 8.91 Å². The van der Waals surface area contributed by atoms with Crippen molar-refractivity contribution in [3.05, 3.63) is 30.4 Å². The zero-order chi connectivity index (χ0) is 8.60. The SMILES string of the molecule is O=S1(=O)NC(c2ccco2)=CO1. The quantitative estimate of drug-likeness (QED) is 0.692. The molecule has 0 atom stereocenters. The highest BCUT2D eigenvalue weighted by molar-refractivity contribution is 7.85. The Morgan fingerprint density at radius 2 is 2.25 bits per heavy atom. The van der Waals surface area contributed by atoms with Crippen LogP contribution in [0, 0.1) is 0 Å². The molecule has 1 aliphatic heterocycles. The van der Waals surface area contributed by atoms with Gasteiger partial charge in [-0.05, 0) is 12.1 Å². The summed E-state index contributed by atoms with van der Waals surface area (Å²) < 4.78 is 32.8. The molecule has 0 aromatic carbocycles. The Balaban J connectivity index is 2.31. The maximum Gasteiger partial charge on any atom is 0.407 e. The van der Waals surface area contributed by atoms with Crippen molar-refractivity contribution in [2.45, 2.75) is 0 Å². The Bertz CT molecular complexity index is 403. The molecular weight excluding hydrogens is 182 g/mol. The van der Waals surface area contributed by atoms with Gasteiger partial charge in [0, 0.05) is 0 Å². The maximum absolute atomic E-state index is 10.7. The summed E-state index contributed by atoms with van der Waals surface area (Å²) in [5.41, 5.74) is 0.306. The minimum atomic E-state index is -3.62. The molecule has 0 amide bonds. The van der Waals surface area contributed by atoms with Crippen LogP contribution in [0.2, 0.25) is 0 Å². The Morgan fingerprint density at radius 3 is 2.75 bits per heavy atom. The molecule has 0 radical (unpaired) electrons. The Morgan fingerprint density at radius 1 is 1.42 bits per heavy atom. The van der Waals surface area contributed by atoms with E-state index in [1.54, 1.807) is 12.1 Å². The van der Waals surface area contributed by atoms with Crippen LogP contribution in [0.5, 0.6) is 0 Å². The van der Waals surface area contributed by atoms with Gasteiger partial charge >= 0.3 is 10.3 Å².